The number of rotatable bonds is 3. The number of hydrogen-bond acceptors (Lipinski definition) is 6. The predicted molar refractivity (Wildman–Crippen MR) is 91.9 cm³/mol. The van der Waals surface area contributed by atoms with Crippen LogP contribution in [0.5, 0.6) is 0 Å². The van der Waals surface area contributed by atoms with Gasteiger partial charge in [0.05, 0.1) is 15.7 Å². The number of halogens is 1. The first-order valence-corrected chi connectivity index (χ1v) is 9.92. The molecule has 120 valence electrons. The monoisotopic (exact) mass is 412 g/mol. The summed E-state index contributed by atoms with van der Waals surface area (Å²) in [5, 5.41) is 8.77. The summed E-state index contributed by atoms with van der Waals surface area (Å²) in [7, 11) is -3.42. The number of piperazine rings is 1. The van der Waals surface area contributed by atoms with Crippen LogP contribution in [-0.4, -0.2) is 43.9 Å². The standard InChI is InChI=1S/C14H13BrN4O2S2/c15-13-3-4-14(22-13)23(20,21)19-7-5-18(6-8-19)12-2-1-11(9-16)17-10-12/h1-4,10H,5-8H2. The van der Waals surface area contributed by atoms with Crippen molar-refractivity contribution in [2.45, 2.75) is 4.21 Å². The van der Waals surface area contributed by atoms with Crippen LogP contribution in [0.1, 0.15) is 5.69 Å². The molecule has 1 fully saturated rings. The fourth-order valence-corrected chi connectivity index (χ4v) is 5.98. The fraction of sp³-hybridized carbons (Fsp3) is 0.286. The molecule has 1 aliphatic rings. The third-order valence-electron chi connectivity index (χ3n) is 3.61. The van der Waals surface area contributed by atoms with Crippen LogP contribution in [0.4, 0.5) is 5.69 Å². The SMILES string of the molecule is N#Cc1ccc(N2CCN(S(=O)(=O)c3ccc(Br)s3)CC2)cn1. The van der Waals surface area contributed by atoms with Gasteiger partial charge in [0.1, 0.15) is 16.0 Å². The van der Waals surface area contributed by atoms with E-state index in [-0.39, 0.29) is 0 Å². The van der Waals surface area contributed by atoms with Crippen LogP contribution in [0.15, 0.2) is 38.5 Å². The third-order valence-corrected chi connectivity index (χ3v) is 7.60. The molecule has 0 amide bonds. The number of thiophene rings is 1. The van der Waals surface area contributed by atoms with Gasteiger partial charge < -0.3 is 4.90 Å². The molecule has 1 aliphatic heterocycles. The molecule has 0 saturated carbocycles. The minimum atomic E-state index is -3.42. The van der Waals surface area contributed by atoms with Crippen LogP contribution >= 0.6 is 27.3 Å². The van der Waals surface area contributed by atoms with Gasteiger partial charge in [-0.05, 0) is 40.2 Å². The quantitative estimate of drug-likeness (QED) is 0.772. The van der Waals surface area contributed by atoms with Gasteiger partial charge in [0.15, 0.2) is 0 Å². The maximum atomic E-state index is 12.6. The number of sulfonamides is 1. The second kappa shape index (κ2) is 6.57. The lowest BCUT2D eigenvalue weighted by atomic mass is 10.3. The minimum Gasteiger partial charge on any atom is -0.368 e. The predicted octanol–water partition coefficient (Wildman–Crippen LogP) is 2.29. The van der Waals surface area contributed by atoms with E-state index in [0.717, 1.165) is 9.47 Å². The third kappa shape index (κ3) is 3.40. The van der Waals surface area contributed by atoms with Crippen LogP contribution in [0, 0.1) is 11.3 Å². The number of aromatic nitrogens is 1. The van der Waals surface area contributed by atoms with Crippen molar-refractivity contribution in [3.05, 3.63) is 39.9 Å². The van der Waals surface area contributed by atoms with Crippen LogP contribution in [-0.2, 0) is 10.0 Å². The summed E-state index contributed by atoms with van der Waals surface area (Å²) in [5.74, 6) is 0. The van der Waals surface area contributed by atoms with E-state index in [4.69, 9.17) is 5.26 Å². The first-order valence-electron chi connectivity index (χ1n) is 6.87. The molecular formula is C14H13BrN4O2S2. The van der Waals surface area contributed by atoms with Crippen molar-refractivity contribution in [2.24, 2.45) is 0 Å². The highest BCUT2D eigenvalue weighted by Crippen LogP contribution is 2.29. The maximum absolute atomic E-state index is 12.6. The molecule has 0 aliphatic carbocycles. The number of pyridine rings is 1. The van der Waals surface area contributed by atoms with Crippen LogP contribution in [0.3, 0.4) is 0 Å². The lowest BCUT2D eigenvalue weighted by Gasteiger charge is -2.34. The van der Waals surface area contributed by atoms with Crippen LogP contribution in [0.25, 0.3) is 0 Å². The Morgan fingerprint density at radius 2 is 1.91 bits per heavy atom. The Morgan fingerprint density at radius 3 is 2.43 bits per heavy atom. The lowest BCUT2D eigenvalue weighted by Crippen LogP contribution is -2.48. The first kappa shape index (κ1) is 16.4. The van der Waals surface area contributed by atoms with Gasteiger partial charge in [-0.2, -0.15) is 9.57 Å². The van der Waals surface area contributed by atoms with E-state index in [0.29, 0.717) is 36.1 Å². The van der Waals surface area contributed by atoms with Gasteiger partial charge in [-0.25, -0.2) is 13.4 Å². The van der Waals surface area contributed by atoms with Gasteiger partial charge >= 0.3 is 0 Å². The summed E-state index contributed by atoms with van der Waals surface area (Å²) in [4.78, 5) is 6.13. The van der Waals surface area contributed by atoms with Crippen molar-refractivity contribution in [1.82, 2.24) is 9.29 Å². The number of nitriles is 1. The molecule has 6 nitrogen and oxygen atoms in total. The van der Waals surface area contributed by atoms with Gasteiger partial charge in [-0.1, -0.05) is 0 Å². The average molecular weight is 413 g/mol. The molecule has 0 radical (unpaired) electrons. The minimum absolute atomic E-state index is 0.359. The van der Waals surface area contributed by atoms with Crippen molar-refractivity contribution in [2.75, 3.05) is 31.1 Å². The Bertz CT molecular complexity index is 834. The number of nitrogens with zero attached hydrogens (tertiary/aromatic N) is 4. The summed E-state index contributed by atoms with van der Waals surface area (Å²) in [5.41, 5.74) is 1.28. The molecule has 0 unspecified atom stereocenters. The van der Waals surface area contributed by atoms with E-state index >= 15 is 0 Å². The first-order chi connectivity index (χ1) is 11.0. The topological polar surface area (TPSA) is 77.3 Å². The second-order valence-electron chi connectivity index (χ2n) is 4.96. The molecule has 3 heterocycles. The molecule has 2 aromatic rings. The molecular weight excluding hydrogens is 400 g/mol. The lowest BCUT2D eigenvalue weighted by molar-refractivity contribution is 0.386. The van der Waals surface area contributed by atoms with Crippen molar-refractivity contribution in [1.29, 1.82) is 5.26 Å². The van der Waals surface area contributed by atoms with Gasteiger partial charge in [-0.15, -0.1) is 11.3 Å². The van der Waals surface area contributed by atoms with Crippen molar-refractivity contribution in [3.63, 3.8) is 0 Å². The van der Waals surface area contributed by atoms with Crippen molar-refractivity contribution < 1.29 is 8.42 Å². The largest absolute Gasteiger partial charge is 0.368 e. The zero-order valence-corrected chi connectivity index (χ0v) is 15.2. The zero-order valence-electron chi connectivity index (χ0n) is 12.0. The molecule has 3 rings (SSSR count). The zero-order chi connectivity index (χ0) is 16.4. The van der Waals surface area contributed by atoms with Gasteiger partial charge in [0.2, 0.25) is 0 Å². The molecule has 0 bridgehead atoms. The van der Waals surface area contributed by atoms with Crippen LogP contribution in [0.2, 0.25) is 0 Å². The average Bonchev–Trinajstić information content (AvgIpc) is 3.02. The molecule has 23 heavy (non-hydrogen) atoms. The fourth-order valence-electron chi connectivity index (χ4n) is 2.39. The summed E-state index contributed by atoms with van der Waals surface area (Å²) in [6.07, 6.45) is 1.65. The summed E-state index contributed by atoms with van der Waals surface area (Å²) in [6.45, 7) is 2.05. The molecule has 0 atom stereocenters. The van der Waals surface area contributed by atoms with Gasteiger partial charge in [0.25, 0.3) is 10.0 Å². The normalized spacial score (nSPS) is 16.3. The summed E-state index contributed by atoms with van der Waals surface area (Å²) < 4.78 is 27.8. The van der Waals surface area contributed by atoms with E-state index in [2.05, 4.69) is 25.8 Å². The molecule has 0 N–H and O–H groups in total. The molecule has 0 spiro atoms. The number of hydrogen-bond donors (Lipinski definition) is 0. The summed E-state index contributed by atoms with van der Waals surface area (Å²) >= 11 is 4.52. The van der Waals surface area contributed by atoms with E-state index in [9.17, 15) is 8.42 Å². The molecule has 0 aromatic carbocycles. The Kier molecular flexibility index (Phi) is 4.68. The number of anilines is 1. The van der Waals surface area contributed by atoms with E-state index in [1.165, 1.54) is 15.6 Å². The molecule has 9 heteroatoms. The van der Waals surface area contributed by atoms with E-state index < -0.39 is 10.0 Å². The highest BCUT2D eigenvalue weighted by Gasteiger charge is 2.29. The van der Waals surface area contributed by atoms with Crippen molar-refractivity contribution >= 4 is 43.0 Å². The Hall–Kier alpha value is -1.47. The van der Waals surface area contributed by atoms with Crippen molar-refractivity contribution in [3.8, 4) is 6.07 Å². The highest BCUT2D eigenvalue weighted by atomic mass is 79.9. The maximum Gasteiger partial charge on any atom is 0.252 e. The van der Waals surface area contributed by atoms with E-state index in [1.54, 1.807) is 24.4 Å². The summed E-state index contributed by atoms with van der Waals surface area (Å²) in [6, 6.07) is 8.86. The van der Waals surface area contributed by atoms with E-state index in [1.807, 2.05) is 12.1 Å². The van der Waals surface area contributed by atoms with Gasteiger partial charge in [0, 0.05) is 26.2 Å². The Balaban J connectivity index is 1.69. The second-order valence-corrected chi connectivity index (χ2v) is 9.59. The van der Waals surface area contributed by atoms with Gasteiger partial charge in [-0.3, -0.25) is 0 Å². The van der Waals surface area contributed by atoms with Crippen LogP contribution < -0.4 is 4.90 Å². The smallest absolute Gasteiger partial charge is 0.252 e. The molecule has 1 saturated heterocycles. The molecule has 2 aromatic heterocycles. The highest BCUT2D eigenvalue weighted by molar-refractivity contribution is 9.11. The Morgan fingerprint density at radius 1 is 1.17 bits per heavy atom. The Labute approximate surface area is 147 Å².